The first-order chi connectivity index (χ1) is 11.2. The summed E-state index contributed by atoms with van der Waals surface area (Å²) in [5.41, 5.74) is 1.82. The van der Waals surface area contributed by atoms with E-state index in [9.17, 15) is 9.59 Å². The normalized spacial score (nSPS) is 13.9. The maximum absolute atomic E-state index is 12.3. The number of nitrogens with one attached hydrogen (secondary N) is 2. The Labute approximate surface area is 146 Å². The molecule has 6 nitrogen and oxygen atoms in total. The first kappa shape index (κ1) is 18.2. The Bertz CT molecular complexity index is 801. The topological polar surface area (TPSA) is 76.0 Å². The van der Waals surface area contributed by atoms with Gasteiger partial charge in [0.15, 0.2) is 0 Å². The van der Waals surface area contributed by atoms with Gasteiger partial charge in [-0.05, 0) is 25.1 Å². The number of amides is 1. The number of hydrogen-bond donors (Lipinski definition) is 2. The predicted molar refractivity (Wildman–Crippen MR) is 96.4 cm³/mol. The van der Waals surface area contributed by atoms with E-state index in [1.807, 2.05) is 12.1 Å². The fourth-order valence-corrected chi connectivity index (χ4v) is 2.62. The van der Waals surface area contributed by atoms with Crippen LogP contribution < -0.4 is 16.2 Å². The molecule has 0 bridgehead atoms. The van der Waals surface area contributed by atoms with Gasteiger partial charge >= 0.3 is 0 Å². The molecule has 0 spiro atoms. The van der Waals surface area contributed by atoms with Gasteiger partial charge in [-0.1, -0.05) is 23.8 Å². The summed E-state index contributed by atoms with van der Waals surface area (Å²) in [7, 11) is 0. The number of para-hydroxylation sites is 1. The molecule has 0 unspecified atom stereocenters. The molecule has 1 aliphatic rings. The number of nitrogens with zero attached hydrogens (tertiary/aromatic N) is 2. The lowest BCUT2D eigenvalue weighted by Crippen LogP contribution is -2.31. The average molecular weight is 349 g/mol. The molecule has 2 heterocycles. The zero-order chi connectivity index (χ0) is 16.1. The van der Waals surface area contributed by atoms with Gasteiger partial charge in [-0.2, -0.15) is 0 Å². The molecule has 0 saturated carbocycles. The van der Waals surface area contributed by atoms with Gasteiger partial charge in [-0.15, -0.1) is 12.4 Å². The van der Waals surface area contributed by atoms with Crippen molar-refractivity contribution in [2.45, 2.75) is 19.4 Å². The number of rotatable bonds is 5. The number of halogens is 1. The Morgan fingerprint density at radius 1 is 1.33 bits per heavy atom. The molecule has 1 aromatic carbocycles. The van der Waals surface area contributed by atoms with E-state index in [0.717, 1.165) is 19.5 Å². The molecule has 1 aliphatic heterocycles. The van der Waals surface area contributed by atoms with Crippen molar-refractivity contribution in [3.8, 4) is 0 Å². The maximum Gasteiger partial charge on any atom is 0.261 e. The molecule has 0 fully saturated rings. The average Bonchev–Trinajstić information content (AvgIpc) is 2.60. The van der Waals surface area contributed by atoms with Crippen LogP contribution in [0.2, 0.25) is 0 Å². The van der Waals surface area contributed by atoms with Crippen molar-refractivity contribution in [2.75, 3.05) is 19.6 Å². The van der Waals surface area contributed by atoms with Crippen LogP contribution in [-0.4, -0.2) is 35.1 Å². The lowest BCUT2D eigenvalue weighted by atomic mass is 10.1. The lowest BCUT2D eigenvalue weighted by molar-refractivity contribution is -0.121. The third-order valence-corrected chi connectivity index (χ3v) is 3.98. The van der Waals surface area contributed by atoms with Crippen LogP contribution in [0.15, 0.2) is 47.0 Å². The summed E-state index contributed by atoms with van der Waals surface area (Å²) in [4.78, 5) is 28.5. The number of benzene rings is 1. The number of aromatic nitrogens is 2. The van der Waals surface area contributed by atoms with Crippen molar-refractivity contribution in [3.05, 3.63) is 52.6 Å². The zero-order valence-electron chi connectivity index (χ0n) is 13.3. The van der Waals surface area contributed by atoms with Gasteiger partial charge in [-0.25, -0.2) is 4.98 Å². The number of aryl methyl sites for hydroxylation is 1. The van der Waals surface area contributed by atoms with E-state index in [2.05, 4.69) is 21.7 Å². The molecular formula is C17H21ClN4O2. The Morgan fingerprint density at radius 3 is 2.96 bits per heavy atom. The SMILES string of the molecule is Cl.O=C(CCn1cnc2ccccc2c1=O)NCC1=CCNCC1. The molecule has 2 N–H and O–H groups in total. The van der Waals surface area contributed by atoms with Gasteiger partial charge in [0.25, 0.3) is 5.56 Å². The van der Waals surface area contributed by atoms with Crippen LogP contribution in [0.25, 0.3) is 10.9 Å². The molecule has 3 rings (SSSR count). The van der Waals surface area contributed by atoms with Gasteiger partial charge in [-0.3, -0.25) is 14.2 Å². The molecular weight excluding hydrogens is 328 g/mol. The summed E-state index contributed by atoms with van der Waals surface area (Å²) >= 11 is 0. The maximum atomic E-state index is 12.3. The first-order valence-corrected chi connectivity index (χ1v) is 7.83. The van der Waals surface area contributed by atoms with Crippen LogP contribution in [0.1, 0.15) is 12.8 Å². The fourth-order valence-electron chi connectivity index (χ4n) is 2.62. The largest absolute Gasteiger partial charge is 0.352 e. The number of fused-ring (bicyclic) bond motifs is 1. The quantitative estimate of drug-likeness (QED) is 0.797. The number of carbonyl (C=O) groups is 1. The van der Waals surface area contributed by atoms with E-state index >= 15 is 0 Å². The van der Waals surface area contributed by atoms with E-state index in [4.69, 9.17) is 0 Å². The second-order valence-corrected chi connectivity index (χ2v) is 5.60. The van der Waals surface area contributed by atoms with Gasteiger partial charge in [0, 0.05) is 26.1 Å². The molecule has 0 atom stereocenters. The van der Waals surface area contributed by atoms with Gasteiger partial charge in [0.2, 0.25) is 5.91 Å². The zero-order valence-corrected chi connectivity index (χ0v) is 14.1. The highest BCUT2D eigenvalue weighted by Gasteiger charge is 2.08. The molecule has 0 aliphatic carbocycles. The van der Waals surface area contributed by atoms with Crippen LogP contribution in [0.5, 0.6) is 0 Å². The summed E-state index contributed by atoms with van der Waals surface area (Å²) in [6, 6.07) is 7.22. The summed E-state index contributed by atoms with van der Waals surface area (Å²) < 4.78 is 1.49. The van der Waals surface area contributed by atoms with Crippen LogP contribution in [0, 0.1) is 0 Å². The summed E-state index contributed by atoms with van der Waals surface area (Å²) in [6.45, 7) is 2.75. The van der Waals surface area contributed by atoms with Crippen molar-refractivity contribution < 1.29 is 4.79 Å². The molecule has 128 valence electrons. The van der Waals surface area contributed by atoms with E-state index in [-0.39, 0.29) is 30.3 Å². The second-order valence-electron chi connectivity index (χ2n) is 5.60. The molecule has 24 heavy (non-hydrogen) atoms. The van der Waals surface area contributed by atoms with Gasteiger partial charge in [0.1, 0.15) is 0 Å². The summed E-state index contributed by atoms with van der Waals surface area (Å²) in [5.74, 6) is -0.0514. The smallest absolute Gasteiger partial charge is 0.261 e. The van der Waals surface area contributed by atoms with Gasteiger partial charge in [0.05, 0.1) is 17.2 Å². The molecule has 1 amide bonds. The fraction of sp³-hybridized carbons (Fsp3) is 0.353. The minimum absolute atomic E-state index is 0. The molecule has 0 radical (unpaired) electrons. The molecule has 7 heteroatoms. The van der Waals surface area contributed by atoms with Crippen molar-refractivity contribution in [2.24, 2.45) is 0 Å². The van der Waals surface area contributed by atoms with Crippen molar-refractivity contribution in [3.63, 3.8) is 0 Å². The van der Waals surface area contributed by atoms with Crippen molar-refractivity contribution >= 4 is 29.2 Å². The third-order valence-electron chi connectivity index (χ3n) is 3.98. The molecule has 2 aromatic rings. The van der Waals surface area contributed by atoms with Crippen LogP contribution in [-0.2, 0) is 11.3 Å². The highest BCUT2D eigenvalue weighted by molar-refractivity contribution is 5.85. The van der Waals surface area contributed by atoms with E-state index in [1.165, 1.54) is 16.5 Å². The first-order valence-electron chi connectivity index (χ1n) is 7.83. The van der Waals surface area contributed by atoms with E-state index in [1.54, 1.807) is 12.1 Å². The lowest BCUT2D eigenvalue weighted by Gasteiger charge is -2.14. The predicted octanol–water partition coefficient (Wildman–Crippen LogP) is 1.24. The Balaban J connectivity index is 0.00000208. The van der Waals surface area contributed by atoms with E-state index in [0.29, 0.717) is 24.0 Å². The van der Waals surface area contributed by atoms with Crippen LogP contribution in [0.3, 0.4) is 0 Å². The monoisotopic (exact) mass is 348 g/mol. The summed E-state index contributed by atoms with van der Waals surface area (Å²) in [6.07, 6.45) is 4.86. The minimum atomic E-state index is -0.107. The molecule has 0 saturated heterocycles. The van der Waals surface area contributed by atoms with Gasteiger partial charge < -0.3 is 10.6 Å². The van der Waals surface area contributed by atoms with Crippen LogP contribution in [0.4, 0.5) is 0 Å². The van der Waals surface area contributed by atoms with E-state index < -0.39 is 0 Å². The number of carbonyl (C=O) groups excluding carboxylic acids is 1. The minimum Gasteiger partial charge on any atom is -0.352 e. The highest BCUT2D eigenvalue weighted by atomic mass is 35.5. The highest BCUT2D eigenvalue weighted by Crippen LogP contribution is 2.05. The summed E-state index contributed by atoms with van der Waals surface area (Å²) in [5, 5.41) is 6.72. The number of hydrogen-bond acceptors (Lipinski definition) is 4. The molecule has 1 aromatic heterocycles. The third kappa shape index (κ3) is 4.43. The van der Waals surface area contributed by atoms with Crippen molar-refractivity contribution in [1.82, 2.24) is 20.2 Å². The van der Waals surface area contributed by atoms with Crippen molar-refractivity contribution in [1.29, 1.82) is 0 Å². The Kier molecular flexibility index (Phi) is 6.52. The Hall–Kier alpha value is -2.18. The Morgan fingerprint density at radius 2 is 2.17 bits per heavy atom. The second kappa shape index (κ2) is 8.61. The standard InChI is InChI=1S/C17H20N4O2.ClH/c22-16(19-11-13-5-8-18-9-6-13)7-10-21-12-20-15-4-2-1-3-14(15)17(21)23;/h1-5,12,18H,6-11H2,(H,19,22);1H. The van der Waals surface area contributed by atoms with Crippen LogP contribution >= 0.6 is 12.4 Å².